The van der Waals surface area contributed by atoms with Crippen LogP contribution in [0.15, 0.2) is 54.4 Å². The number of nitrogens with zero attached hydrogens (tertiary/aromatic N) is 1. The Labute approximate surface area is 158 Å². The number of benzene rings is 2. The van der Waals surface area contributed by atoms with Crippen molar-refractivity contribution in [3.63, 3.8) is 0 Å². The Morgan fingerprint density at radius 1 is 1.27 bits per heavy atom. The van der Waals surface area contributed by atoms with Crippen LogP contribution < -0.4 is 4.74 Å². The lowest BCUT2D eigenvalue weighted by atomic mass is 9.99. The Balaban J connectivity index is 1.70. The van der Waals surface area contributed by atoms with E-state index in [0.29, 0.717) is 47.7 Å². The van der Waals surface area contributed by atoms with Gasteiger partial charge in [0.25, 0.3) is 5.91 Å². The van der Waals surface area contributed by atoms with Gasteiger partial charge in [-0.1, -0.05) is 42.8 Å². The van der Waals surface area contributed by atoms with Crippen molar-refractivity contribution in [3.8, 4) is 5.75 Å². The van der Waals surface area contributed by atoms with E-state index in [4.69, 9.17) is 16.3 Å². The van der Waals surface area contributed by atoms with Crippen molar-refractivity contribution in [2.45, 2.75) is 26.3 Å². The quantitative estimate of drug-likeness (QED) is 0.722. The average Bonchev–Trinajstić information content (AvgIpc) is 2.68. The topological polar surface area (TPSA) is 29.5 Å². The Bertz CT molecular complexity index is 835. The first kappa shape index (κ1) is 18.5. The third kappa shape index (κ3) is 4.07. The molecule has 1 amide bonds. The minimum Gasteiger partial charge on any atom is -0.488 e. The number of fused-ring (bicyclic) bond motifs is 1. The molecule has 0 aliphatic carbocycles. The zero-order valence-corrected chi connectivity index (χ0v) is 15.4. The Morgan fingerprint density at radius 3 is 2.73 bits per heavy atom. The predicted molar refractivity (Wildman–Crippen MR) is 101 cm³/mol. The highest BCUT2D eigenvalue weighted by atomic mass is 35.5. The number of carbonyl (C=O) groups is 1. The standard InChI is InChI=1S/C21H21ClFNO2/c1-2-15(12-23)14-26-20-8-7-17(11-19(20)22)21(25)24-10-9-16-5-3-4-6-18(16)13-24/h3-8,11-12H,2,9-10,13-14H2,1H3. The zero-order valence-electron chi connectivity index (χ0n) is 14.7. The smallest absolute Gasteiger partial charge is 0.254 e. The fraction of sp³-hybridized carbons (Fsp3) is 0.286. The van der Waals surface area contributed by atoms with E-state index in [0.717, 1.165) is 6.42 Å². The Hall–Kier alpha value is -2.33. The van der Waals surface area contributed by atoms with Gasteiger partial charge < -0.3 is 9.64 Å². The van der Waals surface area contributed by atoms with Crippen molar-refractivity contribution >= 4 is 17.5 Å². The molecule has 0 spiro atoms. The molecule has 0 fully saturated rings. The van der Waals surface area contributed by atoms with Crippen LogP contribution in [-0.2, 0) is 13.0 Å². The maximum Gasteiger partial charge on any atom is 0.254 e. The molecule has 3 nitrogen and oxygen atoms in total. The van der Waals surface area contributed by atoms with E-state index in [-0.39, 0.29) is 12.5 Å². The minimum absolute atomic E-state index is 0.0501. The molecule has 136 valence electrons. The largest absolute Gasteiger partial charge is 0.488 e. The molecule has 3 rings (SSSR count). The van der Waals surface area contributed by atoms with Crippen LogP contribution in [0.1, 0.15) is 34.8 Å². The Morgan fingerprint density at radius 2 is 2.04 bits per heavy atom. The van der Waals surface area contributed by atoms with Crippen LogP contribution >= 0.6 is 11.6 Å². The van der Waals surface area contributed by atoms with Crippen LogP contribution in [0.2, 0.25) is 5.02 Å². The van der Waals surface area contributed by atoms with E-state index in [1.54, 1.807) is 18.2 Å². The van der Waals surface area contributed by atoms with Crippen LogP contribution in [0.4, 0.5) is 4.39 Å². The molecular formula is C21H21ClFNO2. The van der Waals surface area contributed by atoms with Crippen LogP contribution in [0.3, 0.4) is 0 Å². The van der Waals surface area contributed by atoms with Gasteiger partial charge in [0.1, 0.15) is 12.4 Å². The molecular weight excluding hydrogens is 353 g/mol. The molecule has 0 radical (unpaired) electrons. The summed E-state index contributed by atoms with van der Waals surface area (Å²) in [5.41, 5.74) is 3.56. The zero-order chi connectivity index (χ0) is 18.5. The van der Waals surface area contributed by atoms with E-state index >= 15 is 0 Å². The first-order chi connectivity index (χ1) is 12.6. The molecule has 26 heavy (non-hydrogen) atoms. The molecule has 1 heterocycles. The second-order valence-electron chi connectivity index (χ2n) is 6.30. The van der Waals surface area contributed by atoms with Crippen molar-refractivity contribution in [1.29, 1.82) is 0 Å². The monoisotopic (exact) mass is 373 g/mol. The van der Waals surface area contributed by atoms with Gasteiger partial charge >= 0.3 is 0 Å². The van der Waals surface area contributed by atoms with Gasteiger partial charge in [-0.2, -0.15) is 0 Å². The van der Waals surface area contributed by atoms with Gasteiger partial charge in [-0.25, -0.2) is 4.39 Å². The summed E-state index contributed by atoms with van der Waals surface area (Å²) in [6, 6.07) is 13.2. The van der Waals surface area contributed by atoms with E-state index in [1.807, 2.05) is 24.0 Å². The van der Waals surface area contributed by atoms with Crippen molar-refractivity contribution in [1.82, 2.24) is 4.90 Å². The first-order valence-corrected chi connectivity index (χ1v) is 9.06. The van der Waals surface area contributed by atoms with E-state index in [2.05, 4.69) is 12.1 Å². The number of amides is 1. The van der Waals surface area contributed by atoms with Gasteiger partial charge in [-0.05, 0) is 47.7 Å². The van der Waals surface area contributed by atoms with Gasteiger partial charge in [-0.15, -0.1) is 0 Å². The van der Waals surface area contributed by atoms with Gasteiger partial charge in [0.2, 0.25) is 0 Å². The minimum atomic E-state index is -0.0501. The molecule has 0 atom stereocenters. The first-order valence-electron chi connectivity index (χ1n) is 8.69. The van der Waals surface area contributed by atoms with E-state index in [1.165, 1.54) is 11.1 Å². The summed E-state index contributed by atoms with van der Waals surface area (Å²) in [6.07, 6.45) is 1.98. The molecule has 1 aliphatic heterocycles. The lowest BCUT2D eigenvalue weighted by Crippen LogP contribution is -2.35. The van der Waals surface area contributed by atoms with Crippen LogP contribution in [0.5, 0.6) is 5.75 Å². The molecule has 2 aromatic rings. The van der Waals surface area contributed by atoms with Crippen LogP contribution in [0.25, 0.3) is 0 Å². The molecule has 0 unspecified atom stereocenters. The highest BCUT2D eigenvalue weighted by molar-refractivity contribution is 6.32. The number of hydrogen-bond donors (Lipinski definition) is 0. The average molecular weight is 374 g/mol. The fourth-order valence-corrected chi connectivity index (χ4v) is 3.22. The maximum absolute atomic E-state index is 12.8. The normalized spacial score (nSPS) is 14.1. The maximum atomic E-state index is 12.8. The molecule has 1 aliphatic rings. The molecule has 0 saturated heterocycles. The summed E-state index contributed by atoms with van der Waals surface area (Å²) in [7, 11) is 0. The summed E-state index contributed by atoms with van der Waals surface area (Å²) in [4.78, 5) is 14.6. The molecule has 0 bridgehead atoms. The molecule has 0 N–H and O–H groups in total. The lowest BCUT2D eigenvalue weighted by Gasteiger charge is -2.29. The lowest BCUT2D eigenvalue weighted by molar-refractivity contribution is 0.0734. The SMILES string of the molecule is CCC(=CF)COc1ccc(C(=O)N2CCc3ccccc3C2)cc1Cl. The second-order valence-corrected chi connectivity index (χ2v) is 6.71. The number of hydrogen-bond acceptors (Lipinski definition) is 2. The number of rotatable bonds is 5. The van der Waals surface area contributed by atoms with E-state index in [9.17, 15) is 9.18 Å². The third-order valence-corrected chi connectivity index (χ3v) is 4.91. The summed E-state index contributed by atoms with van der Waals surface area (Å²) in [5, 5.41) is 0.350. The van der Waals surface area contributed by atoms with Crippen LogP contribution in [-0.4, -0.2) is 24.0 Å². The van der Waals surface area contributed by atoms with Crippen molar-refractivity contribution < 1.29 is 13.9 Å². The summed E-state index contributed by atoms with van der Waals surface area (Å²) in [5.74, 6) is 0.394. The molecule has 0 saturated carbocycles. The molecule has 2 aromatic carbocycles. The number of carbonyl (C=O) groups excluding carboxylic acids is 1. The second kappa shape index (κ2) is 8.37. The number of halogens is 2. The Kier molecular flexibility index (Phi) is 5.94. The van der Waals surface area contributed by atoms with Crippen molar-refractivity contribution in [3.05, 3.63) is 76.1 Å². The molecule has 5 heteroatoms. The van der Waals surface area contributed by atoms with Crippen molar-refractivity contribution in [2.24, 2.45) is 0 Å². The third-order valence-electron chi connectivity index (χ3n) is 4.62. The van der Waals surface area contributed by atoms with Gasteiger partial charge in [0.05, 0.1) is 11.4 Å². The van der Waals surface area contributed by atoms with Gasteiger partial charge in [0.15, 0.2) is 0 Å². The number of ether oxygens (including phenoxy) is 1. The highest BCUT2D eigenvalue weighted by Crippen LogP contribution is 2.28. The predicted octanol–water partition coefficient (Wildman–Crippen LogP) is 5.18. The summed E-state index contributed by atoms with van der Waals surface area (Å²) in [6.45, 7) is 3.29. The molecule has 0 aromatic heterocycles. The van der Waals surface area contributed by atoms with Gasteiger partial charge in [-0.3, -0.25) is 4.79 Å². The van der Waals surface area contributed by atoms with E-state index < -0.39 is 0 Å². The summed E-state index contributed by atoms with van der Waals surface area (Å²) >= 11 is 6.25. The van der Waals surface area contributed by atoms with Crippen molar-refractivity contribution in [2.75, 3.05) is 13.2 Å². The fourth-order valence-electron chi connectivity index (χ4n) is 2.98. The highest BCUT2D eigenvalue weighted by Gasteiger charge is 2.22. The summed E-state index contributed by atoms with van der Waals surface area (Å²) < 4.78 is 18.2. The van der Waals surface area contributed by atoms with Gasteiger partial charge in [0, 0.05) is 18.7 Å². The van der Waals surface area contributed by atoms with Crippen LogP contribution in [0, 0.1) is 0 Å².